The van der Waals surface area contributed by atoms with Gasteiger partial charge in [-0.05, 0) is 38.1 Å². The first-order valence-electron chi connectivity index (χ1n) is 7.30. The summed E-state index contributed by atoms with van der Waals surface area (Å²) in [6.45, 7) is 6.87. The van der Waals surface area contributed by atoms with Crippen LogP contribution in [0.4, 0.5) is 0 Å². The highest BCUT2D eigenvalue weighted by Gasteiger charge is 2.25. The largest absolute Gasteiger partial charge is 0.381 e. The Labute approximate surface area is 131 Å². The van der Waals surface area contributed by atoms with Gasteiger partial charge in [0.2, 0.25) is 0 Å². The second kappa shape index (κ2) is 9.27. The van der Waals surface area contributed by atoms with Crippen LogP contribution in [-0.2, 0) is 4.74 Å². The van der Waals surface area contributed by atoms with Crippen LogP contribution in [0.5, 0.6) is 0 Å². The van der Waals surface area contributed by atoms with E-state index in [-0.39, 0.29) is 0 Å². The van der Waals surface area contributed by atoms with Gasteiger partial charge in [0, 0.05) is 26.7 Å². The Morgan fingerprint density at radius 3 is 2.67 bits per heavy atom. The number of rotatable bonds is 9. The summed E-state index contributed by atoms with van der Waals surface area (Å²) in [5.41, 5.74) is 0. The smallest absolute Gasteiger partial charge is 0.264 e. The van der Waals surface area contributed by atoms with Gasteiger partial charge in [-0.15, -0.1) is 11.8 Å². The third-order valence-electron chi connectivity index (χ3n) is 3.90. The van der Waals surface area contributed by atoms with Crippen LogP contribution < -0.4 is 0 Å². The molecule has 1 fully saturated rings. The highest BCUT2D eigenvalue weighted by Crippen LogP contribution is 2.20. The van der Waals surface area contributed by atoms with Gasteiger partial charge in [0.1, 0.15) is 5.03 Å². The minimum absolute atomic E-state index is 0.393. The molecule has 2 atom stereocenters. The molecule has 1 aliphatic heterocycles. The second-order valence-electron chi connectivity index (χ2n) is 5.77. The fourth-order valence-electron chi connectivity index (χ4n) is 2.52. The van der Waals surface area contributed by atoms with Crippen LogP contribution in [0.2, 0.25) is 0 Å². The Kier molecular flexibility index (Phi) is 8.06. The van der Waals surface area contributed by atoms with Crippen LogP contribution in [0.25, 0.3) is 0 Å². The number of hydrogen-bond donors (Lipinski definition) is 0. The van der Waals surface area contributed by atoms with Gasteiger partial charge in [-0.2, -0.15) is 0 Å². The van der Waals surface area contributed by atoms with E-state index < -0.39 is 4.92 Å². The summed E-state index contributed by atoms with van der Waals surface area (Å²) in [5, 5.41) is 11.2. The molecule has 1 rings (SSSR count). The molecule has 0 radical (unpaired) electrons. The average molecular weight is 317 g/mol. The molecule has 6 nitrogen and oxygen atoms in total. The van der Waals surface area contributed by atoms with E-state index in [0.717, 1.165) is 45.5 Å². The van der Waals surface area contributed by atoms with Crippen molar-refractivity contribution in [2.75, 3.05) is 53.2 Å². The van der Waals surface area contributed by atoms with Crippen molar-refractivity contribution in [3.63, 3.8) is 0 Å². The van der Waals surface area contributed by atoms with Crippen LogP contribution >= 0.6 is 11.8 Å². The molecule has 0 amide bonds. The highest BCUT2D eigenvalue weighted by atomic mass is 32.2. The van der Waals surface area contributed by atoms with Gasteiger partial charge in [0.05, 0.1) is 11.5 Å². The molecule has 122 valence electrons. The Balaban J connectivity index is 2.27. The third kappa shape index (κ3) is 6.67. The number of thioether (sulfide) groups is 1. The molecular formula is C14H27N3O3S. The molecule has 1 aliphatic rings. The molecule has 0 bridgehead atoms. The van der Waals surface area contributed by atoms with Gasteiger partial charge < -0.3 is 14.5 Å². The molecule has 0 spiro atoms. The first-order valence-corrected chi connectivity index (χ1v) is 8.53. The van der Waals surface area contributed by atoms with Crippen molar-refractivity contribution in [3.8, 4) is 0 Å². The molecule has 0 aromatic rings. The first kappa shape index (κ1) is 18.3. The van der Waals surface area contributed by atoms with Crippen LogP contribution in [0.1, 0.15) is 13.3 Å². The van der Waals surface area contributed by atoms with E-state index >= 15 is 0 Å². The number of hydrogen-bond acceptors (Lipinski definition) is 6. The Bertz CT molecular complexity index is 365. The summed E-state index contributed by atoms with van der Waals surface area (Å²) >= 11 is 1.41. The van der Waals surface area contributed by atoms with Crippen molar-refractivity contribution in [1.82, 2.24) is 9.80 Å². The molecule has 0 N–H and O–H groups in total. The number of ether oxygens (including phenoxy) is 1. The predicted molar refractivity (Wildman–Crippen MR) is 86.8 cm³/mol. The zero-order chi connectivity index (χ0) is 15.8. The minimum Gasteiger partial charge on any atom is -0.381 e. The van der Waals surface area contributed by atoms with E-state index in [9.17, 15) is 10.1 Å². The monoisotopic (exact) mass is 317 g/mol. The van der Waals surface area contributed by atoms with E-state index in [0.29, 0.717) is 16.9 Å². The summed E-state index contributed by atoms with van der Waals surface area (Å²) in [5.74, 6) is 1.27. The molecule has 0 saturated carbocycles. The standard InChI is InChI=1S/C14H27N3O3S/c1-12-10-20-11-13(12)8-15(2)6-5-7-16(3)14(21-4)9-17(18)19/h9,12-13H,5-8,10-11H2,1-4H3. The zero-order valence-electron chi connectivity index (χ0n) is 13.4. The SMILES string of the molecule is CSC(=C[N+](=O)[O-])N(C)CCCN(C)CC1COCC1C. The van der Waals surface area contributed by atoms with E-state index in [2.05, 4.69) is 18.9 Å². The Hall–Kier alpha value is -0.790. The quantitative estimate of drug-likeness (QED) is 0.478. The maximum absolute atomic E-state index is 10.5. The lowest BCUT2D eigenvalue weighted by Gasteiger charge is -2.24. The van der Waals surface area contributed by atoms with E-state index in [4.69, 9.17) is 4.74 Å². The lowest BCUT2D eigenvalue weighted by atomic mass is 9.98. The minimum atomic E-state index is -0.393. The first-order chi connectivity index (χ1) is 9.93. The Morgan fingerprint density at radius 2 is 2.14 bits per heavy atom. The highest BCUT2D eigenvalue weighted by molar-refractivity contribution is 8.02. The van der Waals surface area contributed by atoms with Gasteiger partial charge in [0.15, 0.2) is 0 Å². The average Bonchev–Trinajstić information content (AvgIpc) is 2.81. The summed E-state index contributed by atoms with van der Waals surface area (Å²) < 4.78 is 5.49. The van der Waals surface area contributed by atoms with Gasteiger partial charge >= 0.3 is 0 Å². The topological polar surface area (TPSA) is 58.9 Å². The van der Waals surface area contributed by atoms with Gasteiger partial charge in [-0.3, -0.25) is 10.1 Å². The molecular weight excluding hydrogens is 290 g/mol. The maximum Gasteiger partial charge on any atom is 0.264 e. The molecule has 2 unspecified atom stereocenters. The molecule has 0 aromatic heterocycles. The lowest BCUT2D eigenvalue weighted by molar-refractivity contribution is -0.403. The van der Waals surface area contributed by atoms with Crippen LogP contribution in [0, 0.1) is 22.0 Å². The maximum atomic E-state index is 10.5. The summed E-state index contributed by atoms with van der Waals surface area (Å²) in [6, 6.07) is 0. The molecule has 1 heterocycles. The molecule has 7 heteroatoms. The van der Waals surface area contributed by atoms with E-state index in [1.165, 1.54) is 11.8 Å². The molecule has 21 heavy (non-hydrogen) atoms. The van der Waals surface area contributed by atoms with Crippen molar-refractivity contribution in [2.24, 2.45) is 11.8 Å². The Morgan fingerprint density at radius 1 is 1.43 bits per heavy atom. The summed E-state index contributed by atoms with van der Waals surface area (Å²) in [4.78, 5) is 14.4. The van der Waals surface area contributed by atoms with Crippen LogP contribution in [0.15, 0.2) is 11.2 Å². The second-order valence-corrected chi connectivity index (χ2v) is 6.60. The lowest BCUT2D eigenvalue weighted by Crippen LogP contribution is -2.31. The van der Waals surface area contributed by atoms with Crippen molar-refractivity contribution in [1.29, 1.82) is 0 Å². The van der Waals surface area contributed by atoms with Crippen molar-refractivity contribution in [3.05, 3.63) is 21.3 Å². The van der Waals surface area contributed by atoms with Crippen LogP contribution in [0.3, 0.4) is 0 Å². The van der Waals surface area contributed by atoms with Gasteiger partial charge in [0.25, 0.3) is 6.20 Å². The molecule has 1 saturated heterocycles. The molecule has 0 aliphatic carbocycles. The van der Waals surface area contributed by atoms with Crippen LogP contribution in [-0.4, -0.2) is 67.9 Å². The van der Waals surface area contributed by atoms with Crippen molar-refractivity contribution >= 4 is 11.8 Å². The number of nitrogens with zero attached hydrogens (tertiary/aromatic N) is 3. The van der Waals surface area contributed by atoms with E-state index in [1.54, 1.807) is 0 Å². The third-order valence-corrected chi connectivity index (χ3v) is 4.73. The number of nitro groups is 1. The molecule has 0 aromatic carbocycles. The normalized spacial score (nSPS) is 22.8. The van der Waals surface area contributed by atoms with Crippen molar-refractivity contribution in [2.45, 2.75) is 13.3 Å². The summed E-state index contributed by atoms with van der Waals surface area (Å²) in [7, 11) is 4.03. The van der Waals surface area contributed by atoms with E-state index in [1.807, 2.05) is 18.2 Å². The fourth-order valence-corrected chi connectivity index (χ4v) is 3.11. The van der Waals surface area contributed by atoms with Crippen molar-refractivity contribution < 1.29 is 9.66 Å². The van der Waals surface area contributed by atoms with Gasteiger partial charge in [-0.1, -0.05) is 6.92 Å². The summed E-state index contributed by atoms with van der Waals surface area (Å²) in [6.07, 6.45) is 3.93. The van der Waals surface area contributed by atoms with Gasteiger partial charge in [-0.25, -0.2) is 0 Å². The predicted octanol–water partition coefficient (Wildman–Crippen LogP) is 1.96. The zero-order valence-corrected chi connectivity index (χ0v) is 14.3. The fraction of sp³-hybridized carbons (Fsp3) is 0.857.